The van der Waals surface area contributed by atoms with Gasteiger partial charge in [0, 0.05) is 6.04 Å². The summed E-state index contributed by atoms with van der Waals surface area (Å²) in [7, 11) is 0. The molecule has 2 atom stereocenters. The second-order valence-corrected chi connectivity index (χ2v) is 6.08. The molecule has 1 aliphatic rings. The highest BCUT2D eigenvalue weighted by Crippen LogP contribution is 2.40. The van der Waals surface area contributed by atoms with Crippen molar-refractivity contribution in [2.45, 2.75) is 24.8 Å². The van der Waals surface area contributed by atoms with Crippen LogP contribution in [0.1, 0.15) is 35.1 Å². The first-order chi connectivity index (χ1) is 9.69. The molecule has 2 nitrogen and oxygen atoms in total. The Morgan fingerprint density at radius 1 is 1.30 bits per heavy atom. The maximum absolute atomic E-state index is 13.3. The SMILES string of the molecule is NNC(CC1Cc2ccccc21)c1ccc(F)c(Br)c1. The summed E-state index contributed by atoms with van der Waals surface area (Å²) >= 11 is 3.22. The first-order valence-corrected chi connectivity index (χ1v) is 7.47. The summed E-state index contributed by atoms with van der Waals surface area (Å²) in [5, 5.41) is 0. The van der Waals surface area contributed by atoms with E-state index < -0.39 is 0 Å². The van der Waals surface area contributed by atoms with Crippen molar-refractivity contribution in [3.63, 3.8) is 0 Å². The van der Waals surface area contributed by atoms with Crippen LogP contribution in [0.25, 0.3) is 0 Å². The summed E-state index contributed by atoms with van der Waals surface area (Å²) in [5.41, 5.74) is 6.69. The molecule has 0 aliphatic heterocycles. The molecule has 0 heterocycles. The highest BCUT2D eigenvalue weighted by atomic mass is 79.9. The molecule has 1 aliphatic carbocycles. The lowest BCUT2D eigenvalue weighted by molar-refractivity contribution is 0.435. The van der Waals surface area contributed by atoms with Crippen molar-refractivity contribution in [1.82, 2.24) is 5.43 Å². The van der Waals surface area contributed by atoms with E-state index in [0.717, 1.165) is 18.4 Å². The molecule has 0 spiro atoms. The predicted octanol–water partition coefficient (Wildman–Crippen LogP) is 3.82. The van der Waals surface area contributed by atoms with Crippen LogP contribution in [0.4, 0.5) is 4.39 Å². The second-order valence-electron chi connectivity index (χ2n) is 5.23. The Balaban J connectivity index is 1.77. The van der Waals surface area contributed by atoms with Gasteiger partial charge in [0.15, 0.2) is 0 Å². The van der Waals surface area contributed by atoms with E-state index in [1.54, 1.807) is 12.1 Å². The van der Waals surface area contributed by atoms with Crippen LogP contribution in [0.2, 0.25) is 0 Å². The Morgan fingerprint density at radius 2 is 2.10 bits per heavy atom. The third-order valence-corrected chi connectivity index (χ3v) is 4.64. The van der Waals surface area contributed by atoms with E-state index in [2.05, 4.69) is 45.6 Å². The molecule has 3 rings (SSSR count). The highest BCUT2D eigenvalue weighted by Gasteiger charge is 2.28. The van der Waals surface area contributed by atoms with E-state index in [4.69, 9.17) is 5.84 Å². The first-order valence-electron chi connectivity index (χ1n) is 6.68. The quantitative estimate of drug-likeness (QED) is 0.658. The minimum Gasteiger partial charge on any atom is -0.271 e. The molecule has 0 saturated heterocycles. The topological polar surface area (TPSA) is 38.0 Å². The van der Waals surface area contributed by atoms with Gasteiger partial charge in [-0.05, 0) is 63.5 Å². The minimum atomic E-state index is -0.251. The van der Waals surface area contributed by atoms with E-state index in [0.29, 0.717) is 10.4 Å². The van der Waals surface area contributed by atoms with Gasteiger partial charge in [-0.25, -0.2) is 4.39 Å². The Hall–Kier alpha value is -1.23. The zero-order valence-electron chi connectivity index (χ0n) is 10.9. The van der Waals surface area contributed by atoms with Gasteiger partial charge in [-0.1, -0.05) is 30.3 Å². The molecule has 0 radical (unpaired) electrons. The number of hydrogen-bond acceptors (Lipinski definition) is 2. The van der Waals surface area contributed by atoms with Crippen molar-refractivity contribution in [2.24, 2.45) is 5.84 Å². The third kappa shape index (κ3) is 2.51. The highest BCUT2D eigenvalue weighted by molar-refractivity contribution is 9.10. The number of hydrazine groups is 1. The van der Waals surface area contributed by atoms with Crippen molar-refractivity contribution in [2.75, 3.05) is 0 Å². The maximum atomic E-state index is 13.3. The van der Waals surface area contributed by atoms with Crippen LogP contribution in [0.5, 0.6) is 0 Å². The maximum Gasteiger partial charge on any atom is 0.137 e. The summed E-state index contributed by atoms with van der Waals surface area (Å²) in [6.45, 7) is 0. The second kappa shape index (κ2) is 5.64. The van der Waals surface area contributed by atoms with E-state index in [9.17, 15) is 4.39 Å². The fourth-order valence-electron chi connectivity index (χ4n) is 2.89. The Bertz CT molecular complexity index is 630. The number of halogens is 2. The number of fused-ring (bicyclic) bond motifs is 1. The molecular formula is C16H16BrFN2. The van der Waals surface area contributed by atoms with Gasteiger partial charge in [0.05, 0.1) is 4.47 Å². The molecule has 0 fully saturated rings. The number of benzene rings is 2. The van der Waals surface area contributed by atoms with E-state index >= 15 is 0 Å². The van der Waals surface area contributed by atoms with Crippen LogP contribution in [0, 0.1) is 5.82 Å². The van der Waals surface area contributed by atoms with Gasteiger partial charge in [0.2, 0.25) is 0 Å². The number of hydrogen-bond donors (Lipinski definition) is 2. The van der Waals surface area contributed by atoms with Crippen molar-refractivity contribution >= 4 is 15.9 Å². The zero-order valence-corrected chi connectivity index (χ0v) is 12.5. The van der Waals surface area contributed by atoms with E-state index in [1.165, 1.54) is 17.2 Å². The van der Waals surface area contributed by atoms with E-state index in [-0.39, 0.29) is 11.9 Å². The van der Waals surface area contributed by atoms with Crippen LogP contribution in [0.15, 0.2) is 46.9 Å². The number of nitrogens with one attached hydrogen (secondary N) is 1. The summed E-state index contributed by atoms with van der Waals surface area (Å²) in [5.74, 6) is 5.95. The van der Waals surface area contributed by atoms with Crippen LogP contribution in [-0.2, 0) is 6.42 Å². The molecule has 2 unspecified atom stereocenters. The fraction of sp³-hybridized carbons (Fsp3) is 0.250. The van der Waals surface area contributed by atoms with Crippen molar-refractivity contribution in [3.8, 4) is 0 Å². The lowest BCUT2D eigenvalue weighted by atomic mass is 9.74. The van der Waals surface area contributed by atoms with Gasteiger partial charge < -0.3 is 0 Å². The van der Waals surface area contributed by atoms with Crippen molar-refractivity contribution < 1.29 is 4.39 Å². The van der Waals surface area contributed by atoms with Crippen LogP contribution < -0.4 is 11.3 Å². The summed E-state index contributed by atoms with van der Waals surface area (Å²) in [6, 6.07) is 13.6. The molecule has 20 heavy (non-hydrogen) atoms. The predicted molar refractivity (Wildman–Crippen MR) is 81.7 cm³/mol. The fourth-order valence-corrected chi connectivity index (χ4v) is 3.28. The smallest absolute Gasteiger partial charge is 0.137 e. The van der Waals surface area contributed by atoms with Crippen LogP contribution in [-0.4, -0.2) is 0 Å². The first kappa shape index (κ1) is 13.7. The Kier molecular flexibility index (Phi) is 3.87. The average Bonchev–Trinajstić information content (AvgIpc) is 2.44. The number of nitrogens with two attached hydrogens (primary N) is 1. The molecule has 0 bridgehead atoms. The van der Waals surface area contributed by atoms with Gasteiger partial charge in [-0.3, -0.25) is 11.3 Å². The van der Waals surface area contributed by atoms with Crippen molar-refractivity contribution in [3.05, 3.63) is 69.4 Å². The van der Waals surface area contributed by atoms with Gasteiger partial charge in [0.1, 0.15) is 5.82 Å². The largest absolute Gasteiger partial charge is 0.271 e. The molecule has 0 amide bonds. The zero-order chi connectivity index (χ0) is 14.1. The summed E-state index contributed by atoms with van der Waals surface area (Å²) in [4.78, 5) is 0. The standard InChI is InChI=1S/C16H16BrFN2/c17-14-8-11(5-6-15(14)18)16(20-19)9-12-7-10-3-1-2-4-13(10)12/h1-6,8,12,16,20H,7,9,19H2. The Morgan fingerprint density at radius 3 is 2.80 bits per heavy atom. The van der Waals surface area contributed by atoms with Crippen LogP contribution in [0.3, 0.4) is 0 Å². The van der Waals surface area contributed by atoms with Crippen molar-refractivity contribution in [1.29, 1.82) is 0 Å². The molecule has 2 aromatic carbocycles. The monoisotopic (exact) mass is 334 g/mol. The molecule has 2 aromatic rings. The lowest BCUT2D eigenvalue weighted by Gasteiger charge is -2.33. The molecule has 4 heteroatoms. The lowest BCUT2D eigenvalue weighted by Crippen LogP contribution is -2.31. The molecule has 104 valence electrons. The summed E-state index contributed by atoms with van der Waals surface area (Å²) in [6.07, 6.45) is 2.02. The molecule has 0 saturated carbocycles. The minimum absolute atomic E-state index is 0.0326. The summed E-state index contributed by atoms with van der Waals surface area (Å²) < 4.78 is 13.8. The molecular weight excluding hydrogens is 319 g/mol. The van der Waals surface area contributed by atoms with E-state index in [1.807, 2.05) is 0 Å². The Labute approximate surface area is 126 Å². The normalized spacial score (nSPS) is 18.2. The third-order valence-electron chi connectivity index (χ3n) is 4.03. The van der Waals surface area contributed by atoms with Crippen LogP contribution >= 0.6 is 15.9 Å². The van der Waals surface area contributed by atoms with Gasteiger partial charge in [-0.2, -0.15) is 0 Å². The average molecular weight is 335 g/mol. The number of rotatable bonds is 4. The van der Waals surface area contributed by atoms with Gasteiger partial charge in [-0.15, -0.1) is 0 Å². The van der Waals surface area contributed by atoms with Gasteiger partial charge >= 0.3 is 0 Å². The molecule has 0 aromatic heterocycles. The molecule has 3 N–H and O–H groups in total. The van der Waals surface area contributed by atoms with Gasteiger partial charge in [0.25, 0.3) is 0 Å².